The zero-order valence-corrected chi connectivity index (χ0v) is 9.28. The van der Waals surface area contributed by atoms with Gasteiger partial charge in [-0.15, -0.1) is 11.6 Å². The van der Waals surface area contributed by atoms with E-state index < -0.39 is 0 Å². The first-order valence-electron chi connectivity index (χ1n) is 4.72. The molecule has 1 aromatic carbocycles. The lowest BCUT2D eigenvalue weighted by molar-refractivity contribution is -0.137. The van der Waals surface area contributed by atoms with Crippen molar-refractivity contribution >= 4 is 23.6 Å². The summed E-state index contributed by atoms with van der Waals surface area (Å²) in [6.07, 6.45) is 3.11. The highest BCUT2D eigenvalue weighted by Gasteiger charge is 2.00. The van der Waals surface area contributed by atoms with Crippen LogP contribution in [0.2, 0.25) is 0 Å². The Labute approximate surface area is 94.5 Å². The molecule has 1 rings (SSSR count). The molecule has 0 aromatic heterocycles. The van der Waals surface area contributed by atoms with Crippen molar-refractivity contribution in [1.82, 2.24) is 0 Å². The summed E-state index contributed by atoms with van der Waals surface area (Å²) >= 11 is 5.64. The highest BCUT2D eigenvalue weighted by atomic mass is 35.5. The van der Waals surface area contributed by atoms with Crippen LogP contribution in [0.15, 0.2) is 36.4 Å². The van der Waals surface area contributed by atoms with E-state index in [0.29, 0.717) is 0 Å². The summed E-state index contributed by atoms with van der Waals surface area (Å²) in [4.78, 5) is 11.2. The molecule has 0 heterocycles. The van der Waals surface area contributed by atoms with Crippen molar-refractivity contribution in [3.63, 3.8) is 0 Å². The van der Waals surface area contributed by atoms with Crippen molar-refractivity contribution in [3.8, 4) is 0 Å². The third-order valence-corrected chi connectivity index (χ3v) is 1.79. The molecule has 2 nitrogen and oxygen atoms in total. The topological polar surface area (TPSA) is 26.3 Å². The number of carbonyl (C=O) groups excluding carboxylic acids is 1. The number of hydrogen-bond donors (Lipinski definition) is 0. The molecule has 15 heavy (non-hydrogen) atoms. The van der Waals surface area contributed by atoms with Gasteiger partial charge in [-0.1, -0.05) is 30.3 Å². The SMILES string of the molecule is CC(Cl)COC(=O)/C=C/c1ccccc1. The molecule has 0 aliphatic heterocycles. The van der Waals surface area contributed by atoms with Crippen molar-refractivity contribution < 1.29 is 9.53 Å². The minimum Gasteiger partial charge on any atom is -0.461 e. The van der Waals surface area contributed by atoms with Crippen LogP contribution < -0.4 is 0 Å². The van der Waals surface area contributed by atoms with Gasteiger partial charge in [-0.25, -0.2) is 4.79 Å². The molecular formula is C12H13ClO2. The molecule has 3 heteroatoms. The van der Waals surface area contributed by atoms with Crippen molar-refractivity contribution in [2.75, 3.05) is 6.61 Å². The van der Waals surface area contributed by atoms with Crippen LogP contribution in [0.5, 0.6) is 0 Å². The normalized spacial score (nSPS) is 12.7. The highest BCUT2D eigenvalue weighted by molar-refractivity contribution is 6.20. The molecule has 0 amide bonds. The molecule has 0 aliphatic carbocycles. The quantitative estimate of drug-likeness (QED) is 0.447. The summed E-state index contributed by atoms with van der Waals surface area (Å²) in [5, 5.41) is -0.154. The maximum absolute atomic E-state index is 11.2. The predicted molar refractivity (Wildman–Crippen MR) is 61.8 cm³/mol. The largest absolute Gasteiger partial charge is 0.461 e. The second kappa shape index (κ2) is 6.25. The Hall–Kier alpha value is -1.28. The van der Waals surface area contributed by atoms with E-state index in [9.17, 15) is 4.79 Å². The maximum Gasteiger partial charge on any atom is 0.330 e. The van der Waals surface area contributed by atoms with E-state index in [1.165, 1.54) is 6.08 Å². The molecule has 1 unspecified atom stereocenters. The van der Waals surface area contributed by atoms with Gasteiger partial charge in [0, 0.05) is 6.08 Å². The predicted octanol–water partition coefficient (Wildman–Crippen LogP) is 2.87. The number of hydrogen-bond acceptors (Lipinski definition) is 2. The number of benzene rings is 1. The minimum atomic E-state index is -0.369. The van der Waals surface area contributed by atoms with Gasteiger partial charge in [0.05, 0.1) is 5.38 Å². The molecular weight excluding hydrogens is 212 g/mol. The summed E-state index contributed by atoms with van der Waals surface area (Å²) < 4.78 is 4.87. The Morgan fingerprint density at radius 3 is 2.73 bits per heavy atom. The standard InChI is InChI=1S/C12H13ClO2/c1-10(13)9-15-12(14)8-7-11-5-3-2-4-6-11/h2-8,10H,9H2,1H3/b8-7+. The second-order valence-electron chi connectivity index (χ2n) is 3.15. The van der Waals surface area contributed by atoms with E-state index in [1.807, 2.05) is 30.3 Å². The summed E-state index contributed by atoms with van der Waals surface area (Å²) in [6.45, 7) is 2.01. The molecule has 0 bridgehead atoms. The van der Waals surface area contributed by atoms with Crippen LogP contribution in [0.1, 0.15) is 12.5 Å². The molecule has 0 aliphatic rings. The van der Waals surface area contributed by atoms with Crippen LogP contribution >= 0.6 is 11.6 Å². The monoisotopic (exact) mass is 224 g/mol. The molecule has 1 atom stereocenters. The van der Waals surface area contributed by atoms with Gasteiger partial charge in [0.1, 0.15) is 6.61 Å². The van der Waals surface area contributed by atoms with E-state index in [1.54, 1.807) is 13.0 Å². The van der Waals surface area contributed by atoms with Gasteiger partial charge in [0.25, 0.3) is 0 Å². The molecule has 0 saturated heterocycles. The molecule has 0 radical (unpaired) electrons. The molecule has 0 N–H and O–H groups in total. The first kappa shape index (κ1) is 11.8. The van der Waals surface area contributed by atoms with Gasteiger partial charge < -0.3 is 4.74 Å². The Bertz CT molecular complexity index is 331. The average Bonchev–Trinajstić information content (AvgIpc) is 2.25. The fraction of sp³-hybridized carbons (Fsp3) is 0.250. The summed E-state index contributed by atoms with van der Waals surface area (Å²) in [5.41, 5.74) is 0.966. The van der Waals surface area contributed by atoms with Gasteiger partial charge in [0.15, 0.2) is 0 Å². The van der Waals surface area contributed by atoms with Crippen LogP contribution in [0.4, 0.5) is 0 Å². The zero-order chi connectivity index (χ0) is 11.1. The summed E-state index contributed by atoms with van der Waals surface area (Å²) in [5.74, 6) is -0.369. The Morgan fingerprint density at radius 1 is 1.47 bits per heavy atom. The Kier molecular flexibility index (Phi) is 4.91. The third kappa shape index (κ3) is 5.23. The van der Waals surface area contributed by atoms with E-state index >= 15 is 0 Å². The number of carbonyl (C=O) groups is 1. The van der Waals surface area contributed by atoms with Gasteiger partial charge in [0.2, 0.25) is 0 Å². The number of ether oxygens (including phenoxy) is 1. The number of esters is 1. The van der Waals surface area contributed by atoms with E-state index in [2.05, 4.69) is 0 Å². The van der Waals surface area contributed by atoms with Crippen LogP contribution in [0, 0.1) is 0 Å². The third-order valence-electron chi connectivity index (χ3n) is 1.67. The molecule has 1 aromatic rings. The van der Waals surface area contributed by atoms with E-state index in [-0.39, 0.29) is 18.0 Å². The van der Waals surface area contributed by atoms with Gasteiger partial charge in [-0.3, -0.25) is 0 Å². The Balaban J connectivity index is 2.41. The van der Waals surface area contributed by atoms with Crippen molar-refractivity contribution in [1.29, 1.82) is 0 Å². The molecule has 0 saturated carbocycles. The lowest BCUT2D eigenvalue weighted by Crippen LogP contribution is -2.09. The van der Waals surface area contributed by atoms with E-state index in [0.717, 1.165) is 5.56 Å². The summed E-state index contributed by atoms with van der Waals surface area (Å²) in [7, 11) is 0. The van der Waals surface area contributed by atoms with Crippen LogP contribution in [0.3, 0.4) is 0 Å². The lowest BCUT2D eigenvalue weighted by atomic mass is 10.2. The first-order chi connectivity index (χ1) is 7.18. The average molecular weight is 225 g/mol. The van der Waals surface area contributed by atoms with Gasteiger partial charge in [-0.2, -0.15) is 0 Å². The fourth-order valence-corrected chi connectivity index (χ4v) is 1.04. The number of alkyl halides is 1. The number of halogens is 1. The van der Waals surface area contributed by atoms with Crippen molar-refractivity contribution in [2.24, 2.45) is 0 Å². The smallest absolute Gasteiger partial charge is 0.330 e. The van der Waals surface area contributed by atoms with Crippen LogP contribution in [0.25, 0.3) is 6.08 Å². The molecule has 0 spiro atoms. The van der Waals surface area contributed by atoms with Crippen molar-refractivity contribution in [2.45, 2.75) is 12.3 Å². The fourth-order valence-electron chi connectivity index (χ4n) is 0.973. The van der Waals surface area contributed by atoms with Gasteiger partial charge in [-0.05, 0) is 18.6 Å². The lowest BCUT2D eigenvalue weighted by Gasteiger charge is -2.02. The van der Waals surface area contributed by atoms with Gasteiger partial charge >= 0.3 is 5.97 Å². The minimum absolute atomic E-state index is 0.154. The van der Waals surface area contributed by atoms with Crippen molar-refractivity contribution in [3.05, 3.63) is 42.0 Å². The molecule has 0 fully saturated rings. The maximum atomic E-state index is 11.2. The Morgan fingerprint density at radius 2 is 2.13 bits per heavy atom. The first-order valence-corrected chi connectivity index (χ1v) is 5.16. The zero-order valence-electron chi connectivity index (χ0n) is 8.52. The second-order valence-corrected chi connectivity index (χ2v) is 3.90. The highest BCUT2D eigenvalue weighted by Crippen LogP contribution is 2.01. The van der Waals surface area contributed by atoms with E-state index in [4.69, 9.17) is 16.3 Å². The molecule has 80 valence electrons. The number of rotatable bonds is 4. The van der Waals surface area contributed by atoms with Crippen LogP contribution in [-0.2, 0) is 9.53 Å². The summed E-state index contributed by atoms with van der Waals surface area (Å²) in [6, 6.07) is 9.56. The van der Waals surface area contributed by atoms with Crippen LogP contribution in [-0.4, -0.2) is 18.0 Å².